The van der Waals surface area contributed by atoms with E-state index in [4.69, 9.17) is 0 Å². The van der Waals surface area contributed by atoms with Crippen molar-refractivity contribution in [2.24, 2.45) is 7.05 Å². The van der Waals surface area contributed by atoms with Gasteiger partial charge >= 0.3 is 0 Å². The number of fused-ring (bicyclic) bond motifs is 1. The van der Waals surface area contributed by atoms with Crippen LogP contribution in [-0.2, 0) is 7.05 Å². The Kier molecular flexibility index (Phi) is 1.65. The Morgan fingerprint density at radius 2 is 2.15 bits per heavy atom. The van der Waals surface area contributed by atoms with Crippen molar-refractivity contribution in [2.75, 3.05) is 0 Å². The summed E-state index contributed by atoms with van der Waals surface area (Å²) in [6, 6.07) is 5.14. The van der Waals surface area contributed by atoms with Gasteiger partial charge in [-0.05, 0) is 19.1 Å². The van der Waals surface area contributed by atoms with E-state index in [-0.39, 0.29) is 5.43 Å². The Morgan fingerprint density at radius 1 is 1.38 bits per heavy atom. The van der Waals surface area contributed by atoms with Crippen LogP contribution in [0.15, 0.2) is 29.2 Å². The van der Waals surface area contributed by atoms with Crippen molar-refractivity contribution in [1.29, 1.82) is 0 Å². The molecule has 66 valence electrons. The van der Waals surface area contributed by atoms with E-state index in [1.165, 1.54) is 0 Å². The first kappa shape index (κ1) is 7.98. The minimum Gasteiger partial charge on any atom is -0.339 e. The molecule has 0 saturated heterocycles. The Bertz CT molecular complexity index is 473. The van der Waals surface area contributed by atoms with E-state index in [1.54, 1.807) is 12.1 Å². The van der Waals surface area contributed by atoms with Crippen molar-refractivity contribution in [3.63, 3.8) is 0 Å². The molecule has 0 unspecified atom stereocenters. The molecule has 0 saturated carbocycles. The van der Waals surface area contributed by atoms with Crippen molar-refractivity contribution in [1.82, 2.24) is 9.55 Å². The molecule has 0 bridgehead atoms. The van der Waals surface area contributed by atoms with Gasteiger partial charge in [0.15, 0.2) is 5.43 Å². The maximum Gasteiger partial charge on any atom is 0.189 e. The SMILES string of the molecule is Cc1nc2cccc(=O)c-2cn1C. The molecule has 3 nitrogen and oxygen atoms in total. The molecule has 1 aliphatic carbocycles. The highest BCUT2D eigenvalue weighted by atomic mass is 16.1. The molecule has 0 atom stereocenters. The Hall–Kier alpha value is -1.64. The molecule has 2 rings (SSSR count). The standard InChI is InChI=1S/C10H10N2O/c1-7-11-9-4-3-5-10(13)8(9)6-12(7)2/h3-6H,1-2H3. The predicted molar refractivity (Wildman–Crippen MR) is 50.8 cm³/mol. The van der Waals surface area contributed by atoms with E-state index in [0.29, 0.717) is 5.56 Å². The van der Waals surface area contributed by atoms with Crippen molar-refractivity contribution < 1.29 is 0 Å². The van der Waals surface area contributed by atoms with Gasteiger partial charge in [-0.3, -0.25) is 4.79 Å². The van der Waals surface area contributed by atoms with Crippen molar-refractivity contribution >= 4 is 0 Å². The fourth-order valence-electron chi connectivity index (χ4n) is 1.30. The molecule has 0 aromatic rings. The molecule has 3 heteroatoms. The second kappa shape index (κ2) is 2.69. The average Bonchev–Trinajstić information content (AvgIpc) is 2.09. The summed E-state index contributed by atoms with van der Waals surface area (Å²) in [7, 11) is 1.88. The van der Waals surface area contributed by atoms with Crippen LogP contribution in [0.1, 0.15) is 5.82 Å². The molecular weight excluding hydrogens is 164 g/mol. The van der Waals surface area contributed by atoms with Gasteiger partial charge in [0.25, 0.3) is 0 Å². The lowest BCUT2D eigenvalue weighted by molar-refractivity contribution is 0.809. The monoisotopic (exact) mass is 174 g/mol. The molecule has 0 radical (unpaired) electrons. The molecule has 0 aromatic heterocycles. The van der Waals surface area contributed by atoms with Gasteiger partial charge in [0, 0.05) is 13.2 Å². The largest absolute Gasteiger partial charge is 0.339 e. The normalized spacial score (nSPS) is 10.6. The number of aromatic nitrogens is 2. The summed E-state index contributed by atoms with van der Waals surface area (Å²) in [5.41, 5.74) is 1.47. The molecule has 1 aliphatic heterocycles. The van der Waals surface area contributed by atoms with E-state index in [1.807, 2.05) is 30.8 Å². The van der Waals surface area contributed by atoms with Crippen LogP contribution in [0.3, 0.4) is 0 Å². The maximum atomic E-state index is 11.4. The molecule has 0 N–H and O–H groups in total. The summed E-state index contributed by atoms with van der Waals surface area (Å²) in [4.78, 5) is 15.7. The quantitative estimate of drug-likeness (QED) is 0.601. The van der Waals surface area contributed by atoms with E-state index in [9.17, 15) is 4.79 Å². The van der Waals surface area contributed by atoms with E-state index >= 15 is 0 Å². The number of aryl methyl sites for hydroxylation is 2. The van der Waals surface area contributed by atoms with Crippen LogP contribution in [0, 0.1) is 6.92 Å². The number of hydrogen-bond donors (Lipinski definition) is 0. The van der Waals surface area contributed by atoms with Gasteiger partial charge in [0.05, 0.1) is 11.3 Å². The van der Waals surface area contributed by atoms with E-state index in [2.05, 4.69) is 4.98 Å². The average molecular weight is 174 g/mol. The Morgan fingerprint density at radius 3 is 2.92 bits per heavy atom. The summed E-state index contributed by atoms with van der Waals surface area (Å²) in [5.74, 6) is 0.901. The topological polar surface area (TPSA) is 34.9 Å². The molecule has 0 spiro atoms. The van der Waals surface area contributed by atoms with Crippen LogP contribution in [0.4, 0.5) is 0 Å². The zero-order chi connectivity index (χ0) is 9.42. The van der Waals surface area contributed by atoms with Gasteiger partial charge in [0.1, 0.15) is 5.82 Å². The summed E-state index contributed by atoms with van der Waals surface area (Å²) in [6.45, 7) is 1.91. The Labute approximate surface area is 76.0 Å². The maximum absolute atomic E-state index is 11.4. The molecule has 0 fully saturated rings. The zero-order valence-corrected chi connectivity index (χ0v) is 7.61. The van der Waals surface area contributed by atoms with Crippen molar-refractivity contribution in [3.05, 3.63) is 40.4 Å². The lowest BCUT2D eigenvalue weighted by Crippen LogP contribution is -2.10. The van der Waals surface area contributed by atoms with Crippen LogP contribution < -0.4 is 5.43 Å². The summed E-state index contributed by atoms with van der Waals surface area (Å²) in [6.07, 6.45) is 1.82. The first-order valence-corrected chi connectivity index (χ1v) is 4.11. The van der Waals surface area contributed by atoms with Crippen molar-refractivity contribution in [2.45, 2.75) is 6.92 Å². The first-order valence-electron chi connectivity index (χ1n) is 4.11. The van der Waals surface area contributed by atoms with Crippen LogP contribution in [-0.4, -0.2) is 9.55 Å². The molecule has 2 aliphatic rings. The number of hydrogen-bond acceptors (Lipinski definition) is 2. The summed E-state index contributed by atoms with van der Waals surface area (Å²) < 4.78 is 1.85. The van der Waals surface area contributed by atoms with Gasteiger partial charge in [0.2, 0.25) is 0 Å². The van der Waals surface area contributed by atoms with E-state index < -0.39 is 0 Å². The second-order valence-electron chi connectivity index (χ2n) is 3.09. The Balaban J connectivity index is 2.89. The highest BCUT2D eigenvalue weighted by Crippen LogP contribution is 2.13. The van der Waals surface area contributed by atoms with Gasteiger partial charge in [-0.15, -0.1) is 0 Å². The van der Waals surface area contributed by atoms with Crippen molar-refractivity contribution in [3.8, 4) is 11.3 Å². The fraction of sp³-hybridized carbons (Fsp3) is 0.200. The fourth-order valence-corrected chi connectivity index (χ4v) is 1.30. The highest BCUT2D eigenvalue weighted by Gasteiger charge is 2.07. The third-order valence-electron chi connectivity index (χ3n) is 2.16. The molecular formula is C10H10N2O. The number of rotatable bonds is 0. The van der Waals surface area contributed by atoms with Crippen LogP contribution in [0.25, 0.3) is 11.3 Å². The van der Waals surface area contributed by atoms with Gasteiger partial charge < -0.3 is 4.57 Å². The van der Waals surface area contributed by atoms with Gasteiger partial charge in [-0.2, -0.15) is 0 Å². The molecule has 0 aromatic carbocycles. The molecule has 1 heterocycles. The minimum atomic E-state index is 0.0283. The summed E-state index contributed by atoms with van der Waals surface area (Å²) >= 11 is 0. The highest BCUT2D eigenvalue weighted by molar-refractivity contribution is 5.58. The predicted octanol–water partition coefficient (Wildman–Crippen LogP) is 1.19. The van der Waals surface area contributed by atoms with E-state index in [0.717, 1.165) is 11.5 Å². The number of nitrogens with zero attached hydrogens (tertiary/aromatic N) is 2. The number of benzene rings is 1. The van der Waals surface area contributed by atoms with Crippen LogP contribution in [0.2, 0.25) is 0 Å². The lowest BCUT2D eigenvalue weighted by Gasteiger charge is -2.08. The third kappa shape index (κ3) is 1.22. The smallest absolute Gasteiger partial charge is 0.189 e. The lowest BCUT2D eigenvalue weighted by atomic mass is 10.1. The van der Waals surface area contributed by atoms with Crippen LogP contribution in [0.5, 0.6) is 0 Å². The van der Waals surface area contributed by atoms with Gasteiger partial charge in [-0.25, -0.2) is 4.98 Å². The summed E-state index contributed by atoms with van der Waals surface area (Å²) in [5, 5.41) is 0. The van der Waals surface area contributed by atoms with Crippen LogP contribution >= 0.6 is 0 Å². The molecule has 0 amide bonds. The third-order valence-corrected chi connectivity index (χ3v) is 2.16. The molecule has 13 heavy (non-hydrogen) atoms. The second-order valence-corrected chi connectivity index (χ2v) is 3.09. The van der Waals surface area contributed by atoms with Gasteiger partial charge in [-0.1, -0.05) is 6.07 Å². The first-order chi connectivity index (χ1) is 6.18. The minimum absolute atomic E-state index is 0.0283. The zero-order valence-electron chi connectivity index (χ0n) is 7.61.